The van der Waals surface area contributed by atoms with E-state index in [0.29, 0.717) is 0 Å². The molecule has 1 fully saturated rings. The van der Waals surface area contributed by atoms with Crippen LogP contribution in [-0.4, -0.2) is 28.5 Å². The average Bonchev–Trinajstić information content (AvgIpc) is 2.87. The molecule has 2 heterocycles. The number of carbonyl (C=O) groups excluding carboxylic acids is 1. The fraction of sp³-hybridized carbons (Fsp3) is 0.438. The van der Waals surface area contributed by atoms with Crippen LogP contribution in [0.25, 0.3) is 10.9 Å². The summed E-state index contributed by atoms with van der Waals surface area (Å²) < 4.78 is 2.06. The van der Waals surface area contributed by atoms with E-state index in [1.807, 2.05) is 24.3 Å². The second-order valence-electron chi connectivity index (χ2n) is 5.48. The lowest BCUT2D eigenvalue weighted by molar-refractivity contribution is -0.254. The Kier molecular flexibility index (Phi) is 3.49. The summed E-state index contributed by atoms with van der Waals surface area (Å²) in [6.45, 7) is 4.29. The Morgan fingerprint density at radius 3 is 2.60 bits per heavy atom. The number of aromatic nitrogens is 1. The van der Waals surface area contributed by atoms with Gasteiger partial charge in [0, 0.05) is 35.8 Å². The van der Waals surface area contributed by atoms with Crippen LogP contribution in [0.4, 0.5) is 0 Å². The molecule has 0 spiro atoms. The second kappa shape index (κ2) is 5.29. The van der Waals surface area contributed by atoms with Gasteiger partial charge in [-0.25, -0.2) is 0 Å². The van der Waals surface area contributed by atoms with Gasteiger partial charge in [0.25, 0.3) is 0 Å². The molecule has 0 aliphatic carbocycles. The molecule has 1 aliphatic heterocycles. The van der Waals surface area contributed by atoms with E-state index >= 15 is 0 Å². The van der Waals surface area contributed by atoms with Crippen LogP contribution in [0, 0.1) is 0 Å². The number of para-hydroxylation sites is 1. The van der Waals surface area contributed by atoms with E-state index in [2.05, 4.69) is 16.4 Å². The van der Waals surface area contributed by atoms with E-state index in [4.69, 9.17) is 0 Å². The third kappa shape index (κ3) is 2.20. The van der Waals surface area contributed by atoms with Crippen molar-refractivity contribution in [2.45, 2.75) is 32.4 Å². The summed E-state index contributed by atoms with van der Waals surface area (Å²) in [6.07, 6.45) is 5.63. The van der Waals surface area contributed by atoms with E-state index in [1.165, 1.54) is 19.3 Å². The van der Waals surface area contributed by atoms with Crippen molar-refractivity contribution in [2.75, 3.05) is 13.1 Å². The summed E-state index contributed by atoms with van der Waals surface area (Å²) in [5.74, 6) is -1.11. The van der Waals surface area contributed by atoms with Gasteiger partial charge in [-0.05, 0) is 25.8 Å². The van der Waals surface area contributed by atoms with Gasteiger partial charge in [-0.15, -0.1) is 0 Å². The Hall–Kier alpha value is -1.81. The van der Waals surface area contributed by atoms with Gasteiger partial charge in [-0.1, -0.05) is 24.6 Å². The zero-order valence-corrected chi connectivity index (χ0v) is 11.7. The first-order chi connectivity index (χ1) is 9.68. The van der Waals surface area contributed by atoms with Crippen LogP contribution >= 0.6 is 0 Å². The van der Waals surface area contributed by atoms with Gasteiger partial charge < -0.3 is 14.5 Å². The minimum absolute atomic E-state index is 0.174. The van der Waals surface area contributed by atoms with Crippen LogP contribution < -0.4 is 5.11 Å². The highest BCUT2D eigenvalue weighted by Crippen LogP contribution is 2.27. The van der Waals surface area contributed by atoms with E-state index in [-0.39, 0.29) is 11.7 Å². The summed E-state index contributed by atoms with van der Waals surface area (Å²) in [5, 5.41) is 12.0. The number of carboxylic acid groups (broad SMARTS) is 1. The molecule has 1 unspecified atom stereocenters. The Morgan fingerprint density at radius 2 is 1.90 bits per heavy atom. The summed E-state index contributed by atoms with van der Waals surface area (Å²) in [6, 6.07) is 7.63. The molecule has 1 aliphatic rings. The third-order valence-electron chi connectivity index (χ3n) is 4.28. The standard InChI is InChI=1S/C16H20N2O2/c1-12(17-9-5-2-6-10-17)18-11-14(16(19)20)13-7-3-4-8-15(13)18/h3-4,7-8,11-12H,2,5-6,9-10H2,1H3,(H,19,20)/p-1. The molecule has 1 aromatic carbocycles. The Balaban J connectivity index is 2.04. The minimum atomic E-state index is -1.11. The van der Waals surface area contributed by atoms with Gasteiger partial charge in [-0.2, -0.15) is 0 Å². The van der Waals surface area contributed by atoms with Crippen LogP contribution in [0.2, 0.25) is 0 Å². The highest BCUT2D eigenvalue weighted by molar-refractivity contribution is 6.02. The number of nitrogens with zero attached hydrogens (tertiary/aromatic N) is 2. The molecule has 3 rings (SSSR count). The predicted molar refractivity (Wildman–Crippen MR) is 76.4 cm³/mol. The van der Waals surface area contributed by atoms with E-state index in [1.54, 1.807) is 6.20 Å². The first-order valence-corrected chi connectivity index (χ1v) is 7.23. The molecule has 4 heteroatoms. The summed E-state index contributed by atoms with van der Waals surface area (Å²) >= 11 is 0. The summed E-state index contributed by atoms with van der Waals surface area (Å²) in [7, 11) is 0. The van der Waals surface area contributed by atoms with Crippen molar-refractivity contribution < 1.29 is 9.90 Å². The van der Waals surface area contributed by atoms with Gasteiger partial charge in [0.2, 0.25) is 0 Å². The van der Waals surface area contributed by atoms with Gasteiger partial charge in [-0.3, -0.25) is 4.90 Å². The first-order valence-electron chi connectivity index (χ1n) is 7.23. The lowest BCUT2D eigenvalue weighted by Crippen LogP contribution is -2.35. The first kappa shape index (κ1) is 13.2. The second-order valence-corrected chi connectivity index (χ2v) is 5.48. The van der Waals surface area contributed by atoms with Crippen molar-refractivity contribution in [3.63, 3.8) is 0 Å². The van der Waals surface area contributed by atoms with Gasteiger partial charge in [0.05, 0.1) is 12.1 Å². The fourth-order valence-corrected chi connectivity index (χ4v) is 3.14. The maximum Gasteiger partial charge on any atom is 0.0836 e. The number of likely N-dealkylation sites (tertiary alicyclic amines) is 1. The minimum Gasteiger partial charge on any atom is -0.545 e. The number of fused-ring (bicyclic) bond motifs is 1. The molecular formula is C16H19N2O2-. The molecule has 2 aromatic rings. The molecule has 0 amide bonds. The lowest BCUT2D eigenvalue weighted by atomic mass is 10.1. The smallest absolute Gasteiger partial charge is 0.0836 e. The van der Waals surface area contributed by atoms with Crippen molar-refractivity contribution in [1.29, 1.82) is 0 Å². The quantitative estimate of drug-likeness (QED) is 0.858. The summed E-state index contributed by atoms with van der Waals surface area (Å²) in [4.78, 5) is 13.7. The van der Waals surface area contributed by atoms with Crippen molar-refractivity contribution in [1.82, 2.24) is 9.47 Å². The number of aromatic carboxylic acids is 1. The number of carboxylic acids is 1. The zero-order chi connectivity index (χ0) is 14.1. The SMILES string of the molecule is CC(N1CCCCC1)n1cc(C(=O)[O-])c2ccccc21. The van der Waals surface area contributed by atoms with E-state index < -0.39 is 5.97 Å². The fourth-order valence-electron chi connectivity index (χ4n) is 3.14. The number of hydrogen-bond donors (Lipinski definition) is 0. The summed E-state index contributed by atoms with van der Waals surface area (Å²) in [5.41, 5.74) is 1.24. The van der Waals surface area contributed by atoms with Crippen molar-refractivity contribution in [3.05, 3.63) is 36.0 Å². The molecule has 0 bridgehead atoms. The lowest BCUT2D eigenvalue weighted by Gasteiger charge is -2.33. The molecular weight excluding hydrogens is 252 g/mol. The maximum atomic E-state index is 11.3. The van der Waals surface area contributed by atoms with E-state index in [0.717, 1.165) is 24.0 Å². The molecule has 0 saturated carbocycles. The molecule has 0 N–H and O–H groups in total. The number of rotatable bonds is 3. The van der Waals surface area contributed by atoms with Gasteiger partial charge >= 0.3 is 0 Å². The number of hydrogen-bond acceptors (Lipinski definition) is 3. The van der Waals surface area contributed by atoms with Crippen LogP contribution in [0.3, 0.4) is 0 Å². The van der Waals surface area contributed by atoms with Crippen molar-refractivity contribution >= 4 is 16.9 Å². The number of piperidine rings is 1. The monoisotopic (exact) mass is 271 g/mol. The predicted octanol–water partition coefficient (Wildman–Crippen LogP) is 2.01. The molecule has 20 heavy (non-hydrogen) atoms. The molecule has 106 valence electrons. The van der Waals surface area contributed by atoms with Gasteiger partial charge in [0.15, 0.2) is 0 Å². The van der Waals surface area contributed by atoms with Crippen LogP contribution in [-0.2, 0) is 0 Å². The maximum absolute atomic E-state index is 11.3. The van der Waals surface area contributed by atoms with Crippen LogP contribution in [0.1, 0.15) is 42.7 Å². The zero-order valence-electron chi connectivity index (χ0n) is 11.7. The molecule has 4 nitrogen and oxygen atoms in total. The Morgan fingerprint density at radius 1 is 1.20 bits per heavy atom. The Bertz CT molecular complexity index is 626. The normalized spacial score (nSPS) is 18.2. The average molecular weight is 271 g/mol. The molecule has 1 saturated heterocycles. The van der Waals surface area contributed by atoms with Crippen LogP contribution in [0.5, 0.6) is 0 Å². The van der Waals surface area contributed by atoms with Crippen molar-refractivity contribution in [3.8, 4) is 0 Å². The Labute approximate surface area is 118 Å². The van der Waals surface area contributed by atoms with Gasteiger partial charge in [0.1, 0.15) is 0 Å². The van der Waals surface area contributed by atoms with Crippen molar-refractivity contribution in [2.24, 2.45) is 0 Å². The molecule has 1 aromatic heterocycles. The topological polar surface area (TPSA) is 48.3 Å². The number of benzene rings is 1. The van der Waals surface area contributed by atoms with Crippen LogP contribution in [0.15, 0.2) is 30.5 Å². The molecule has 1 atom stereocenters. The van der Waals surface area contributed by atoms with E-state index in [9.17, 15) is 9.90 Å². The number of carbonyl (C=O) groups is 1. The highest BCUT2D eigenvalue weighted by Gasteiger charge is 2.20. The highest BCUT2D eigenvalue weighted by atomic mass is 16.4. The third-order valence-corrected chi connectivity index (χ3v) is 4.28. The molecule has 0 radical (unpaired) electrons. The largest absolute Gasteiger partial charge is 0.545 e.